The number of carbonyl (C=O) groups excluding carboxylic acids is 1. The molecule has 0 saturated carbocycles. The first-order valence-electron chi connectivity index (χ1n) is 7.45. The summed E-state index contributed by atoms with van der Waals surface area (Å²) in [6.07, 6.45) is 3.67. The first kappa shape index (κ1) is 13.7. The van der Waals surface area contributed by atoms with Crippen LogP contribution < -0.4 is 11.1 Å². The minimum Gasteiger partial charge on any atom is -0.384 e. The van der Waals surface area contributed by atoms with Gasteiger partial charge < -0.3 is 11.1 Å². The summed E-state index contributed by atoms with van der Waals surface area (Å²) in [6, 6.07) is 16.1. The normalized spacial score (nSPS) is 17.0. The monoisotopic (exact) mass is 280 g/mol. The molecule has 0 radical (unpaired) electrons. The van der Waals surface area contributed by atoms with E-state index in [0.717, 1.165) is 12.2 Å². The van der Waals surface area contributed by atoms with Gasteiger partial charge in [0, 0.05) is 23.7 Å². The quantitative estimate of drug-likeness (QED) is 0.902. The van der Waals surface area contributed by atoms with E-state index >= 15 is 0 Å². The molecular formula is C18H20N2O. The van der Waals surface area contributed by atoms with Crippen LogP contribution in [0.4, 0.5) is 5.69 Å². The van der Waals surface area contributed by atoms with Crippen molar-refractivity contribution in [1.82, 2.24) is 0 Å². The average molecular weight is 280 g/mol. The van der Waals surface area contributed by atoms with E-state index < -0.39 is 0 Å². The first-order valence-corrected chi connectivity index (χ1v) is 7.45. The van der Waals surface area contributed by atoms with Crippen LogP contribution in [0.5, 0.6) is 0 Å². The lowest BCUT2D eigenvalue weighted by molar-refractivity contribution is 0.100. The third-order valence-electron chi connectivity index (χ3n) is 4.22. The van der Waals surface area contributed by atoms with Crippen molar-refractivity contribution in [1.29, 1.82) is 0 Å². The standard InChI is InChI=1S/C18H20N2O/c19-18(21)14-8-10-16(11-9-14)20-12-15-6-3-5-13-4-1-2-7-17(13)15/h1-2,4,7-11,15,20H,3,5-6,12H2,(H2,19,21). The molecule has 1 aliphatic rings. The molecule has 1 atom stereocenters. The molecule has 0 spiro atoms. The zero-order valence-corrected chi connectivity index (χ0v) is 12.0. The van der Waals surface area contributed by atoms with Crippen LogP contribution in [0.1, 0.15) is 40.2 Å². The molecule has 108 valence electrons. The maximum absolute atomic E-state index is 11.1. The fourth-order valence-electron chi connectivity index (χ4n) is 3.06. The highest BCUT2D eigenvalue weighted by atomic mass is 16.1. The Bertz CT molecular complexity index is 634. The smallest absolute Gasteiger partial charge is 0.248 e. The van der Waals surface area contributed by atoms with E-state index in [9.17, 15) is 4.79 Å². The number of hydrogen-bond acceptors (Lipinski definition) is 2. The summed E-state index contributed by atoms with van der Waals surface area (Å²) in [5.74, 6) is 0.175. The van der Waals surface area contributed by atoms with Gasteiger partial charge in [0.25, 0.3) is 0 Å². The number of benzene rings is 2. The van der Waals surface area contributed by atoms with Crippen LogP contribution in [0, 0.1) is 0 Å². The molecule has 0 bridgehead atoms. The Labute approximate surface area is 125 Å². The maximum atomic E-state index is 11.1. The minimum absolute atomic E-state index is 0.386. The van der Waals surface area contributed by atoms with Crippen molar-refractivity contribution >= 4 is 11.6 Å². The Hall–Kier alpha value is -2.29. The topological polar surface area (TPSA) is 55.1 Å². The van der Waals surface area contributed by atoms with Crippen molar-refractivity contribution in [2.45, 2.75) is 25.2 Å². The molecule has 0 saturated heterocycles. The van der Waals surface area contributed by atoms with E-state index in [-0.39, 0.29) is 5.91 Å². The van der Waals surface area contributed by atoms with Gasteiger partial charge >= 0.3 is 0 Å². The Morgan fingerprint density at radius 3 is 2.67 bits per heavy atom. The Balaban J connectivity index is 1.67. The fraction of sp³-hybridized carbons (Fsp3) is 0.278. The molecule has 0 aliphatic heterocycles. The Morgan fingerprint density at radius 1 is 1.14 bits per heavy atom. The zero-order valence-electron chi connectivity index (χ0n) is 12.0. The van der Waals surface area contributed by atoms with Crippen molar-refractivity contribution in [2.75, 3.05) is 11.9 Å². The SMILES string of the molecule is NC(=O)c1ccc(NCC2CCCc3ccccc32)cc1. The van der Waals surface area contributed by atoms with E-state index in [1.165, 1.54) is 30.4 Å². The van der Waals surface area contributed by atoms with Crippen LogP contribution in [0.3, 0.4) is 0 Å². The van der Waals surface area contributed by atoms with Gasteiger partial charge in [-0.25, -0.2) is 0 Å². The van der Waals surface area contributed by atoms with Crippen molar-refractivity contribution in [3.8, 4) is 0 Å². The van der Waals surface area contributed by atoms with Gasteiger partial charge in [-0.2, -0.15) is 0 Å². The molecule has 3 heteroatoms. The van der Waals surface area contributed by atoms with E-state index in [0.29, 0.717) is 11.5 Å². The molecule has 2 aromatic rings. The average Bonchev–Trinajstić information content (AvgIpc) is 2.53. The Kier molecular flexibility index (Phi) is 3.91. The van der Waals surface area contributed by atoms with E-state index in [4.69, 9.17) is 5.73 Å². The number of anilines is 1. The number of nitrogens with two attached hydrogens (primary N) is 1. The summed E-state index contributed by atoms with van der Waals surface area (Å²) in [5, 5.41) is 3.47. The van der Waals surface area contributed by atoms with Gasteiger partial charge in [-0.3, -0.25) is 4.79 Å². The lowest BCUT2D eigenvalue weighted by Gasteiger charge is -2.26. The number of rotatable bonds is 4. The van der Waals surface area contributed by atoms with Crippen LogP contribution in [-0.2, 0) is 6.42 Å². The number of primary amides is 1. The van der Waals surface area contributed by atoms with Crippen LogP contribution in [0.15, 0.2) is 48.5 Å². The molecule has 1 unspecified atom stereocenters. The van der Waals surface area contributed by atoms with Crippen LogP contribution in [0.2, 0.25) is 0 Å². The highest BCUT2D eigenvalue weighted by molar-refractivity contribution is 5.93. The summed E-state index contributed by atoms with van der Waals surface area (Å²) < 4.78 is 0. The predicted octanol–water partition coefficient (Wildman–Crippen LogP) is 3.32. The summed E-state index contributed by atoms with van der Waals surface area (Å²) in [4.78, 5) is 11.1. The molecule has 0 heterocycles. The molecule has 2 aromatic carbocycles. The van der Waals surface area contributed by atoms with Crippen molar-refractivity contribution < 1.29 is 4.79 Å². The fourth-order valence-corrected chi connectivity index (χ4v) is 3.06. The van der Waals surface area contributed by atoms with Gasteiger partial charge in [0.05, 0.1) is 0 Å². The minimum atomic E-state index is -0.386. The van der Waals surface area contributed by atoms with Gasteiger partial charge in [-0.15, -0.1) is 0 Å². The number of hydrogen-bond donors (Lipinski definition) is 2. The van der Waals surface area contributed by atoms with Gasteiger partial charge in [0.2, 0.25) is 5.91 Å². The molecule has 1 amide bonds. The number of carbonyl (C=O) groups is 1. The molecular weight excluding hydrogens is 260 g/mol. The number of nitrogens with one attached hydrogen (secondary N) is 1. The zero-order chi connectivity index (χ0) is 14.7. The summed E-state index contributed by atoms with van der Waals surface area (Å²) >= 11 is 0. The van der Waals surface area contributed by atoms with Crippen molar-refractivity contribution in [3.63, 3.8) is 0 Å². The van der Waals surface area contributed by atoms with E-state index in [2.05, 4.69) is 29.6 Å². The first-order chi connectivity index (χ1) is 10.2. The number of amides is 1. The van der Waals surface area contributed by atoms with Crippen molar-refractivity contribution in [3.05, 3.63) is 65.2 Å². The molecule has 3 N–H and O–H groups in total. The molecule has 3 nitrogen and oxygen atoms in total. The van der Waals surface area contributed by atoms with Gasteiger partial charge in [0.15, 0.2) is 0 Å². The predicted molar refractivity (Wildman–Crippen MR) is 85.6 cm³/mol. The third-order valence-corrected chi connectivity index (χ3v) is 4.22. The van der Waals surface area contributed by atoms with Gasteiger partial charge in [-0.05, 0) is 54.7 Å². The largest absolute Gasteiger partial charge is 0.384 e. The van der Waals surface area contributed by atoms with Crippen LogP contribution in [-0.4, -0.2) is 12.5 Å². The molecule has 3 rings (SSSR count). The lowest BCUT2D eigenvalue weighted by atomic mass is 9.83. The molecule has 21 heavy (non-hydrogen) atoms. The lowest BCUT2D eigenvalue weighted by Crippen LogP contribution is -2.18. The third kappa shape index (κ3) is 3.07. The summed E-state index contributed by atoms with van der Waals surface area (Å²) in [6.45, 7) is 0.924. The second kappa shape index (κ2) is 6.00. The maximum Gasteiger partial charge on any atom is 0.248 e. The van der Waals surface area contributed by atoms with E-state index in [1.807, 2.05) is 12.1 Å². The highest BCUT2D eigenvalue weighted by Gasteiger charge is 2.19. The molecule has 1 aliphatic carbocycles. The molecule has 0 aromatic heterocycles. The van der Waals surface area contributed by atoms with E-state index in [1.54, 1.807) is 12.1 Å². The highest BCUT2D eigenvalue weighted by Crippen LogP contribution is 2.31. The number of aryl methyl sites for hydroxylation is 1. The van der Waals surface area contributed by atoms with Crippen LogP contribution >= 0.6 is 0 Å². The summed E-state index contributed by atoms with van der Waals surface area (Å²) in [7, 11) is 0. The second-order valence-electron chi connectivity index (χ2n) is 5.61. The summed E-state index contributed by atoms with van der Waals surface area (Å²) in [5.41, 5.74) is 9.79. The van der Waals surface area contributed by atoms with Gasteiger partial charge in [-0.1, -0.05) is 24.3 Å². The molecule has 0 fully saturated rings. The van der Waals surface area contributed by atoms with Crippen LogP contribution in [0.25, 0.3) is 0 Å². The van der Waals surface area contributed by atoms with Gasteiger partial charge in [0.1, 0.15) is 0 Å². The Morgan fingerprint density at radius 2 is 1.90 bits per heavy atom. The second-order valence-corrected chi connectivity index (χ2v) is 5.61. The number of fused-ring (bicyclic) bond motifs is 1. The van der Waals surface area contributed by atoms with Crippen molar-refractivity contribution in [2.24, 2.45) is 5.73 Å².